The molecule has 3 aromatic rings. The van der Waals surface area contributed by atoms with E-state index in [0.29, 0.717) is 33.7 Å². The third-order valence-electron chi connectivity index (χ3n) is 4.72. The molecule has 0 spiro atoms. The lowest BCUT2D eigenvalue weighted by Gasteiger charge is -2.12. The van der Waals surface area contributed by atoms with Crippen molar-refractivity contribution in [3.05, 3.63) is 99.7 Å². The van der Waals surface area contributed by atoms with E-state index in [-0.39, 0.29) is 11.6 Å². The number of nitrogens with zero attached hydrogens (tertiary/aromatic N) is 3. The molecule has 0 saturated carbocycles. The lowest BCUT2D eigenvalue weighted by Crippen LogP contribution is -2.29. The van der Waals surface area contributed by atoms with Gasteiger partial charge in [-0.2, -0.15) is 0 Å². The molecule has 8 heteroatoms. The standard InChI is InChI=1S/C24H19N3O4S/c1-3-14-26-23(28)22(32-24(26)25-18-8-4-16(2)5-9-18)15-20-12-13-21(31-20)17-6-10-19(11-7-17)27(29)30/h3-13,15H,1,14H2,2H3/b22-15-,25-24?. The van der Waals surface area contributed by atoms with Crippen LogP contribution in [0, 0.1) is 17.0 Å². The lowest BCUT2D eigenvalue weighted by molar-refractivity contribution is -0.384. The number of thioether (sulfide) groups is 1. The highest BCUT2D eigenvalue weighted by Crippen LogP contribution is 2.35. The zero-order valence-corrected chi connectivity index (χ0v) is 18.0. The predicted octanol–water partition coefficient (Wildman–Crippen LogP) is 5.95. The minimum atomic E-state index is -0.449. The van der Waals surface area contributed by atoms with Crippen LogP contribution >= 0.6 is 11.8 Å². The lowest BCUT2D eigenvalue weighted by atomic mass is 10.1. The highest BCUT2D eigenvalue weighted by Gasteiger charge is 2.32. The second-order valence-electron chi connectivity index (χ2n) is 7.05. The molecule has 4 rings (SSSR count). The molecule has 32 heavy (non-hydrogen) atoms. The number of non-ortho nitro benzene ring substituents is 1. The number of aliphatic imine (C=N–C) groups is 1. The molecule has 1 aliphatic rings. The van der Waals surface area contributed by atoms with Crippen LogP contribution in [0.2, 0.25) is 0 Å². The Hall–Kier alpha value is -3.91. The second kappa shape index (κ2) is 9.07. The first-order valence-electron chi connectivity index (χ1n) is 9.77. The highest BCUT2D eigenvalue weighted by atomic mass is 32.2. The smallest absolute Gasteiger partial charge is 0.269 e. The number of carbonyl (C=O) groups excluding carboxylic acids is 1. The topological polar surface area (TPSA) is 89.0 Å². The van der Waals surface area contributed by atoms with Gasteiger partial charge in [0.05, 0.1) is 15.5 Å². The molecule has 160 valence electrons. The van der Waals surface area contributed by atoms with Crippen LogP contribution in [0.25, 0.3) is 17.4 Å². The van der Waals surface area contributed by atoms with Gasteiger partial charge in [0.25, 0.3) is 11.6 Å². The summed E-state index contributed by atoms with van der Waals surface area (Å²) in [6, 6.07) is 17.4. The Morgan fingerprint density at radius 2 is 1.84 bits per heavy atom. The van der Waals surface area contributed by atoms with Gasteiger partial charge in [0.15, 0.2) is 5.17 Å². The Labute approximate surface area is 188 Å². The van der Waals surface area contributed by atoms with Crippen molar-refractivity contribution in [1.82, 2.24) is 4.90 Å². The van der Waals surface area contributed by atoms with Crippen LogP contribution in [-0.2, 0) is 4.79 Å². The first-order valence-corrected chi connectivity index (χ1v) is 10.6. The molecule has 0 N–H and O–H groups in total. The SMILES string of the molecule is C=CCN1C(=O)/C(=C/c2ccc(-c3ccc([N+](=O)[O-])cc3)o2)SC1=Nc1ccc(C)cc1. The van der Waals surface area contributed by atoms with E-state index in [0.717, 1.165) is 11.3 Å². The summed E-state index contributed by atoms with van der Waals surface area (Å²) in [7, 11) is 0. The van der Waals surface area contributed by atoms with Gasteiger partial charge in [-0.15, -0.1) is 6.58 Å². The van der Waals surface area contributed by atoms with Crippen LogP contribution in [-0.4, -0.2) is 27.4 Å². The van der Waals surface area contributed by atoms with E-state index in [1.165, 1.54) is 23.9 Å². The summed E-state index contributed by atoms with van der Waals surface area (Å²) >= 11 is 1.28. The number of amidine groups is 1. The number of aryl methyl sites for hydroxylation is 1. The molecular formula is C24H19N3O4S. The van der Waals surface area contributed by atoms with Crippen molar-refractivity contribution in [2.45, 2.75) is 6.92 Å². The molecule has 0 unspecified atom stereocenters. The number of carbonyl (C=O) groups is 1. The molecule has 1 amide bonds. The number of amides is 1. The second-order valence-corrected chi connectivity index (χ2v) is 8.06. The Morgan fingerprint density at radius 1 is 1.12 bits per heavy atom. The van der Waals surface area contributed by atoms with Crippen molar-refractivity contribution in [2.75, 3.05) is 6.54 Å². The van der Waals surface area contributed by atoms with Crippen LogP contribution < -0.4 is 0 Å². The number of hydrogen-bond donors (Lipinski definition) is 0. The molecule has 1 saturated heterocycles. The van der Waals surface area contributed by atoms with E-state index in [1.807, 2.05) is 31.2 Å². The summed E-state index contributed by atoms with van der Waals surface area (Å²) in [5, 5.41) is 11.4. The summed E-state index contributed by atoms with van der Waals surface area (Å²) < 4.78 is 5.85. The van der Waals surface area contributed by atoms with Gasteiger partial charge in [-0.1, -0.05) is 23.8 Å². The fraction of sp³-hybridized carbons (Fsp3) is 0.0833. The first kappa shape index (κ1) is 21.3. The number of rotatable bonds is 6. The van der Waals surface area contributed by atoms with E-state index in [1.54, 1.807) is 41.3 Å². The largest absolute Gasteiger partial charge is 0.457 e. The number of nitro benzene ring substituents is 1. The van der Waals surface area contributed by atoms with E-state index in [4.69, 9.17) is 4.42 Å². The maximum atomic E-state index is 12.9. The van der Waals surface area contributed by atoms with Crippen molar-refractivity contribution < 1.29 is 14.1 Å². The Kier molecular flexibility index (Phi) is 6.04. The summed E-state index contributed by atoms with van der Waals surface area (Å²) in [5.74, 6) is 0.886. The molecular weight excluding hydrogens is 426 g/mol. The van der Waals surface area contributed by atoms with Crippen molar-refractivity contribution in [3.8, 4) is 11.3 Å². The average Bonchev–Trinajstić information content (AvgIpc) is 3.36. The number of furan rings is 1. The van der Waals surface area contributed by atoms with E-state index in [9.17, 15) is 14.9 Å². The molecule has 2 aromatic carbocycles. The Bertz CT molecular complexity index is 1240. The van der Waals surface area contributed by atoms with Crippen molar-refractivity contribution >= 4 is 40.3 Å². The minimum absolute atomic E-state index is 0.0123. The van der Waals surface area contributed by atoms with Gasteiger partial charge in [0.2, 0.25) is 0 Å². The molecule has 1 fully saturated rings. The van der Waals surface area contributed by atoms with Gasteiger partial charge in [-0.25, -0.2) is 4.99 Å². The fourth-order valence-corrected chi connectivity index (χ4v) is 4.06. The normalized spacial score (nSPS) is 16.2. The Morgan fingerprint density at radius 3 is 2.50 bits per heavy atom. The van der Waals surface area contributed by atoms with Crippen molar-refractivity contribution in [3.63, 3.8) is 0 Å². The van der Waals surface area contributed by atoms with Crippen molar-refractivity contribution in [1.29, 1.82) is 0 Å². The van der Waals surface area contributed by atoms with Gasteiger partial charge in [0, 0.05) is 30.3 Å². The molecule has 0 radical (unpaired) electrons. The number of benzene rings is 2. The fourth-order valence-electron chi connectivity index (χ4n) is 3.07. The van der Waals surface area contributed by atoms with Crippen LogP contribution in [0.4, 0.5) is 11.4 Å². The number of nitro groups is 1. The monoisotopic (exact) mass is 445 g/mol. The van der Waals surface area contributed by atoms with Crippen LogP contribution in [0.3, 0.4) is 0 Å². The quantitative estimate of drug-likeness (QED) is 0.202. The number of hydrogen-bond acceptors (Lipinski definition) is 6. The Balaban J connectivity index is 1.59. The zero-order valence-electron chi connectivity index (χ0n) is 17.2. The summed E-state index contributed by atoms with van der Waals surface area (Å²) in [5.41, 5.74) is 2.62. The van der Waals surface area contributed by atoms with Crippen LogP contribution in [0.5, 0.6) is 0 Å². The molecule has 1 aliphatic heterocycles. The van der Waals surface area contributed by atoms with Gasteiger partial charge in [-0.3, -0.25) is 19.8 Å². The van der Waals surface area contributed by atoms with Gasteiger partial charge >= 0.3 is 0 Å². The molecule has 0 atom stereocenters. The molecule has 0 bridgehead atoms. The van der Waals surface area contributed by atoms with Crippen LogP contribution in [0.1, 0.15) is 11.3 Å². The average molecular weight is 446 g/mol. The van der Waals surface area contributed by atoms with Crippen molar-refractivity contribution in [2.24, 2.45) is 4.99 Å². The third kappa shape index (κ3) is 4.55. The summed E-state index contributed by atoms with van der Waals surface area (Å²) in [6.45, 7) is 6.09. The summed E-state index contributed by atoms with van der Waals surface area (Å²) in [4.78, 5) is 30.0. The highest BCUT2D eigenvalue weighted by molar-refractivity contribution is 8.18. The van der Waals surface area contributed by atoms with Gasteiger partial charge in [-0.05, 0) is 55.1 Å². The third-order valence-corrected chi connectivity index (χ3v) is 5.73. The van der Waals surface area contributed by atoms with Gasteiger partial charge in [0.1, 0.15) is 11.5 Å². The molecule has 0 aliphatic carbocycles. The van der Waals surface area contributed by atoms with E-state index in [2.05, 4.69) is 11.6 Å². The van der Waals surface area contributed by atoms with E-state index < -0.39 is 4.92 Å². The summed E-state index contributed by atoms with van der Waals surface area (Å²) in [6.07, 6.45) is 3.33. The molecule has 2 heterocycles. The minimum Gasteiger partial charge on any atom is -0.457 e. The van der Waals surface area contributed by atoms with Gasteiger partial charge < -0.3 is 4.42 Å². The predicted molar refractivity (Wildman–Crippen MR) is 127 cm³/mol. The maximum absolute atomic E-state index is 12.9. The zero-order chi connectivity index (χ0) is 22.7. The van der Waals surface area contributed by atoms with Crippen LogP contribution in [0.15, 0.2) is 87.6 Å². The molecule has 7 nitrogen and oxygen atoms in total. The first-order chi connectivity index (χ1) is 15.4. The van der Waals surface area contributed by atoms with E-state index >= 15 is 0 Å². The maximum Gasteiger partial charge on any atom is 0.269 e. The molecule has 1 aromatic heterocycles.